The van der Waals surface area contributed by atoms with Crippen LogP contribution >= 0.6 is 0 Å². The number of likely N-dealkylation sites (tertiary alicyclic amines) is 1. The highest BCUT2D eigenvalue weighted by molar-refractivity contribution is 5.27. The van der Waals surface area contributed by atoms with Crippen LogP contribution < -0.4 is 4.74 Å². The maximum Gasteiger partial charge on any atom is 0.118 e. The van der Waals surface area contributed by atoms with Gasteiger partial charge in [-0.15, -0.1) is 0 Å². The highest BCUT2D eigenvalue weighted by Gasteiger charge is 2.43. The molecule has 5 nitrogen and oxygen atoms in total. The molecule has 2 aromatic rings. The molecular formula is C23H31N3O2. The lowest BCUT2D eigenvalue weighted by molar-refractivity contribution is -0.0452. The van der Waals surface area contributed by atoms with Crippen molar-refractivity contribution in [3.63, 3.8) is 0 Å². The van der Waals surface area contributed by atoms with Gasteiger partial charge < -0.3 is 9.47 Å². The molecule has 1 spiro atoms. The Kier molecular flexibility index (Phi) is 5.95. The first kappa shape index (κ1) is 19.4. The third kappa shape index (κ3) is 4.54. The molecule has 2 aliphatic heterocycles. The average molecular weight is 382 g/mol. The maximum atomic E-state index is 6.38. The van der Waals surface area contributed by atoms with Gasteiger partial charge in [0.25, 0.3) is 0 Å². The van der Waals surface area contributed by atoms with Crippen molar-refractivity contribution < 1.29 is 9.47 Å². The summed E-state index contributed by atoms with van der Waals surface area (Å²) in [6, 6.07) is 13.1. The summed E-state index contributed by atoms with van der Waals surface area (Å²) < 4.78 is 11.6. The SMILES string of the molecule is COc1ccc(CN2CCC3(CC2)C[C@@H](N(C)Cc2cccnc2)CO3)cc1. The van der Waals surface area contributed by atoms with E-state index in [0.29, 0.717) is 6.04 Å². The number of pyridine rings is 1. The number of methoxy groups -OCH3 is 1. The predicted octanol–water partition coefficient (Wildman–Crippen LogP) is 3.35. The third-order valence-electron chi connectivity index (χ3n) is 6.30. The van der Waals surface area contributed by atoms with Gasteiger partial charge in [-0.1, -0.05) is 18.2 Å². The van der Waals surface area contributed by atoms with Gasteiger partial charge in [0.15, 0.2) is 0 Å². The Bertz CT molecular complexity index is 742. The smallest absolute Gasteiger partial charge is 0.118 e. The standard InChI is InChI=1S/C23H31N3O2/c1-25(16-20-4-3-11-24-15-20)21-14-23(28-18-21)9-12-26(13-10-23)17-19-5-7-22(27-2)8-6-19/h3-8,11,15,21H,9-10,12-14,16-18H2,1-2H3/t21-/m1/s1. The van der Waals surface area contributed by atoms with Crippen molar-refractivity contribution in [2.45, 2.75) is 44.0 Å². The summed E-state index contributed by atoms with van der Waals surface area (Å²) in [5.41, 5.74) is 2.68. The van der Waals surface area contributed by atoms with E-state index in [1.807, 2.05) is 30.6 Å². The molecule has 0 amide bonds. The first-order valence-corrected chi connectivity index (χ1v) is 10.2. The molecular weight excluding hydrogens is 350 g/mol. The predicted molar refractivity (Wildman–Crippen MR) is 110 cm³/mol. The molecule has 0 saturated carbocycles. The van der Waals surface area contributed by atoms with E-state index in [4.69, 9.17) is 9.47 Å². The highest BCUT2D eigenvalue weighted by atomic mass is 16.5. The number of nitrogens with zero attached hydrogens (tertiary/aromatic N) is 3. The number of ether oxygens (including phenoxy) is 2. The fourth-order valence-corrected chi connectivity index (χ4v) is 4.47. The number of rotatable bonds is 6. The summed E-state index contributed by atoms with van der Waals surface area (Å²) in [4.78, 5) is 9.20. The van der Waals surface area contributed by atoms with Crippen LogP contribution in [0.25, 0.3) is 0 Å². The second-order valence-corrected chi connectivity index (χ2v) is 8.25. The van der Waals surface area contributed by atoms with Crippen LogP contribution in [-0.2, 0) is 17.8 Å². The van der Waals surface area contributed by atoms with Crippen LogP contribution in [0, 0.1) is 0 Å². The Labute approximate surface area is 168 Å². The van der Waals surface area contributed by atoms with E-state index >= 15 is 0 Å². The fraction of sp³-hybridized carbons (Fsp3) is 0.522. The lowest BCUT2D eigenvalue weighted by Gasteiger charge is -2.39. The van der Waals surface area contributed by atoms with E-state index in [2.05, 4.69) is 40.0 Å². The summed E-state index contributed by atoms with van der Waals surface area (Å²) >= 11 is 0. The number of benzene rings is 1. The van der Waals surface area contributed by atoms with Crippen LogP contribution in [0.3, 0.4) is 0 Å². The zero-order valence-electron chi connectivity index (χ0n) is 17.0. The van der Waals surface area contributed by atoms with Gasteiger partial charge >= 0.3 is 0 Å². The Hall–Kier alpha value is -1.95. The van der Waals surface area contributed by atoms with Gasteiger partial charge in [0, 0.05) is 44.6 Å². The molecule has 0 unspecified atom stereocenters. The van der Waals surface area contributed by atoms with Crippen molar-refractivity contribution >= 4 is 0 Å². The van der Waals surface area contributed by atoms with E-state index in [0.717, 1.165) is 57.8 Å². The van der Waals surface area contributed by atoms with E-state index < -0.39 is 0 Å². The molecule has 2 aliphatic rings. The Morgan fingerprint density at radius 2 is 1.96 bits per heavy atom. The third-order valence-corrected chi connectivity index (χ3v) is 6.30. The van der Waals surface area contributed by atoms with Gasteiger partial charge in [0.1, 0.15) is 5.75 Å². The molecule has 1 atom stereocenters. The first-order chi connectivity index (χ1) is 13.7. The molecule has 0 aliphatic carbocycles. The summed E-state index contributed by atoms with van der Waals surface area (Å²) in [6.45, 7) is 4.98. The molecule has 4 rings (SSSR count). The fourth-order valence-electron chi connectivity index (χ4n) is 4.47. The number of hydrogen-bond acceptors (Lipinski definition) is 5. The number of aromatic nitrogens is 1. The van der Waals surface area contributed by atoms with Crippen molar-refractivity contribution in [2.75, 3.05) is 33.9 Å². The molecule has 0 radical (unpaired) electrons. The summed E-state index contributed by atoms with van der Waals surface area (Å²) in [6.07, 6.45) is 7.18. The Balaban J connectivity index is 1.27. The molecule has 2 fully saturated rings. The Morgan fingerprint density at radius 3 is 2.64 bits per heavy atom. The number of hydrogen-bond donors (Lipinski definition) is 0. The molecule has 1 aromatic heterocycles. The van der Waals surface area contributed by atoms with Gasteiger partial charge in [-0.3, -0.25) is 14.8 Å². The second-order valence-electron chi connectivity index (χ2n) is 8.25. The van der Waals surface area contributed by atoms with Crippen molar-refractivity contribution in [1.29, 1.82) is 0 Å². The van der Waals surface area contributed by atoms with Gasteiger partial charge in [0.05, 0.1) is 19.3 Å². The minimum absolute atomic E-state index is 0.0737. The monoisotopic (exact) mass is 381 g/mol. The van der Waals surface area contributed by atoms with Gasteiger partial charge in [0.2, 0.25) is 0 Å². The maximum absolute atomic E-state index is 6.38. The highest BCUT2D eigenvalue weighted by Crippen LogP contribution is 2.38. The molecule has 0 N–H and O–H groups in total. The lowest BCUT2D eigenvalue weighted by atomic mass is 9.87. The van der Waals surface area contributed by atoms with E-state index in [1.165, 1.54) is 11.1 Å². The topological polar surface area (TPSA) is 37.8 Å². The van der Waals surface area contributed by atoms with Crippen molar-refractivity contribution in [1.82, 2.24) is 14.8 Å². The lowest BCUT2D eigenvalue weighted by Crippen LogP contribution is -2.44. The minimum atomic E-state index is 0.0737. The molecule has 5 heteroatoms. The minimum Gasteiger partial charge on any atom is -0.497 e. The summed E-state index contributed by atoms with van der Waals surface area (Å²) in [7, 11) is 3.92. The number of likely N-dealkylation sites (N-methyl/N-ethyl adjacent to an activating group) is 1. The van der Waals surface area contributed by atoms with Crippen LogP contribution in [0.4, 0.5) is 0 Å². The Morgan fingerprint density at radius 1 is 1.18 bits per heavy atom. The number of piperidine rings is 1. The van der Waals surface area contributed by atoms with Crippen molar-refractivity contribution in [3.05, 3.63) is 59.9 Å². The molecule has 28 heavy (non-hydrogen) atoms. The van der Waals surface area contributed by atoms with Crippen molar-refractivity contribution in [2.24, 2.45) is 0 Å². The van der Waals surface area contributed by atoms with E-state index in [1.54, 1.807) is 7.11 Å². The zero-order valence-corrected chi connectivity index (χ0v) is 17.0. The second kappa shape index (κ2) is 8.60. The van der Waals surface area contributed by atoms with Gasteiger partial charge in [-0.05, 0) is 55.6 Å². The van der Waals surface area contributed by atoms with E-state index in [-0.39, 0.29) is 5.60 Å². The van der Waals surface area contributed by atoms with Gasteiger partial charge in [-0.25, -0.2) is 0 Å². The molecule has 0 bridgehead atoms. The largest absolute Gasteiger partial charge is 0.497 e. The summed E-state index contributed by atoms with van der Waals surface area (Å²) in [5.74, 6) is 0.919. The van der Waals surface area contributed by atoms with Crippen LogP contribution in [0.2, 0.25) is 0 Å². The van der Waals surface area contributed by atoms with Crippen molar-refractivity contribution in [3.8, 4) is 5.75 Å². The zero-order chi connectivity index (χ0) is 19.4. The van der Waals surface area contributed by atoms with Crippen LogP contribution in [0.5, 0.6) is 5.75 Å². The first-order valence-electron chi connectivity index (χ1n) is 10.2. The van der Waals surface area contributed by atoms with Crippen LogP contribution in [0.15, 0.2) is 48.8 Å². The normalized spacial score (nSPS) is 22.0. The van der Waals surface area contributed by atoms with Gasteiger partial charge in [-0.2, -0.15) is 0 Å². The molecule has 3 heterocycles. The summed E-state index contributed by atoms with van der Waals surface area (Å²) in [5, 5.41) is 0. The average Bonchev–Trinajstić information content (AvgIpc) is 3.15. The van der Waals surface area contributed by atoms with Crippen LogP contribution in [0.1, 0.15) is 30.4 Å². The molecule has 150 valence electrons. The molecule has 1 aromatic carbocycles. The van der Waals surface area contributed by atoms with Crippen LogP contribution in [-0.4, -0.2) is 60.3 Å². The molecule has 2 saturated heterocycles. The quantitative estimate of drug-likeness (QED) is 0.767. The van der Waals surface area contributed by atoms with E-state index in [9.17, 15) is 0 Å².